The Morgan fingerprint density at radius 2 is 1.75 bits per heavy atom. The van der Waals surface area contributed by atoms with Crippen LogP contribution in [0.2, 0.25) is 0 Å². The third kappa shape index (κ3) is 9.17. The van der Waals surface area contributed by atoms with Crippen LogP contribution in [0.15, 0.2) is 18.3 Å². The highest BCUT2D eigenvalue weighted by molar-refractivity contribution is 5.41. The smallest absolute Gasteiger partial charge is 0.433 e. The Bertz CT molecular complexity index is 1040. The molecule has 1 saturated carbocycles. The largest absolute Gasteiger partial charge is 0.477 e. The van der Waals surface area contributed by atoms with Gasteiger partial charge >= 0.3 is 6.18 Å². The zero-order chi connectivity index (χ0) is 28.6. The average molecular weight is 564 g/mol. The molecule has 0 unspecified atom stereocenters. The van der Waals surface area contributed by atoms with Gasteiger partial charge < -0.3 is 19.9 Å². The van der Waals surface area contributed by atoms with E-state index in [0.717, 1.165) is 58.1 Å². The van der Waals surface area contributed by atoms with Gasteiger partial charge in [-0.2, -0.15) is 18.2 Å². The van der Waals surface area contributed by atoms with E-state index in [9.17, 15) is 13.2 Å². The standard InChI is InChI=1S/C29H44F3N7O/c1-28(2,3)26-35-23(29(30,31)32)20-24(36-26)39-17-9-16-38(18-19-39)15-8-7-13-33-27-34-14-12-25(37-27)40-21-22-10-5-4-6-11-22/h12,14,20,22H,4-11,13,15-19,21H2,1-3H3,(H,33,34,37). The van der Waals surface area contributed by atoms with Crippen molar-refractivity contribution in [3.63, 3.8) is 0 Å². The number of halogens is 3. The molecular weight excluding hydrogens is 519 g/mol. The van der Waals surface area contributed by atoms with Crippen molar-refractivity contribution in [2.24, 2.45) is 5.92 Å². The zero-order valence-electron chi connectivity index (χ0n) is 24.1. The van der Waals surface area contributed by atoms with Crippen molar-refractivity contribution in [2.75, 3.05) is 56.1 Å². The summed E-state index contributed by atoms with van der Waals surface area (Å²) in [6, 6.07) is 2.90. The Balaban J connectivity index is 1.20. The van der Waals surface area contributed by atoms with Crippen LogP contribution in [-0.4, -0.2) is 70.7 Å². The van der Waals surface area contributed by atoms with Gasteiger partial charge in [0.2, 0.25) is 11.8 Å². The molecule has 4 rings (SSSR count). The van der Waals surface area contributed by atoms with Gasteiger partial charge in [0, 0.05) is 49.9 Å². The molecule has 2 aliphatic rings. The maximum absolute atomic E-state index is 13.5. The maximum atomic E-state index is 13.5. The first-order valence-corrected chi connectivity index (χ1v) is 14.7. The molecule has 2 aromatic heterocycles. The van der Waals surface area contributed by atoms with Gasteiger partial charge in [-0.05, 0) is 51.1 Å². The number of alkyl halides is 3. The summed E-state index contributed by atoms with van der Waals surface area (Å²) in [6.45, 7) is 10.9. The Morgan fingerprint density at radius 1 is 0.950 bits per heavy atom. The van der Waals surface area contributed by atoms with Crippen molar-refractivity contribution in [2.45, 2.75) is 83.7 Å². The molecule has 40 heavy (non-hydrogen) atoms. The summed E-state index contributed by atoms with van der Waals surface area (Å²) in [6.07, 6.45) is 6.47. The van der Waals surface area contributed by atoms with Gasteiger partial charge in [-0.25, -0.2) is 15.0 Å². The monoisotopic (exact) mass is 563 g/mol. The van der Waals surface area contributed by atoms with E-state index in [2.05, 4.69) is 30.2 Å². The number of hydrogen-bond donors (Lipinski definition) is 1. The Morgan fingerprint density at radius 3 is 2.50 bits per heavy atom. The minimum atomic E-state index is -4.50. The molecule has 8 nitrogen and oxygen atoms in total. The number of unbranched alkanes of at least 4 members (excludes halogenated alkanes) is 1. The van der Waals surface area contributed by atoms with Crippen molar-refractivity contribution in [3.05, 3.63) is 29.8 Å². The first kappa shape index (κ1) is 30.3. The van der Waals surface area contributed by atoms with Crippen LogP contribution in [0.1, 0.15) is 83.7 Å². The number of anilines is 2. The van der Waals surface area contributed by atoms with Crippen molar-refractivity contribution in [1.29, 1.82) is 0 Å². The lowest BCUT2D eigenvalue weighted by Gasteiger charge is -2.26. The van der Waals surface area contributed by atoms with Crippen molar-refractivity contribution < 1.29 is 17.9 Å². The second-order valence-electron chi connectivity index (χ2n) is 12.0. The topological polar surface area (TPSA) is 79.3 Å². The molecule has 0 amide bonds. The third-order valence-electron chi connectivity index (χ3n) is 7.59. The number of hydrogen-bond acceptors (Lipinski definition) is 8. The highest BCUT2D eigenvalue weighted by Gasteiger charge is 2.35. The molecule has 0 aromatic carbocycles. The fourth-order valence-electron chi connectivity index (χ4n) is 5.23. The van der Waals surface area contributed by atoms with Gasteiger partial charge in [0.25, 0.3) is 0 Å². The molecule has 2 aromatic rings. The van der Waals surface area contributed by atoms with Crippen LogP contribution in [0.4, 0.5) is 24.9 Å². The van der Waals surface area contributed by atoms with Crippen molar-refractivity contribution >= 4 is 11.8 Å². The molecule has 1 aliphatic heterocycles. The van der Waals surface area contributed by atoms with E-state index in [4.69, 9.17) is 4.74 Å². The fourth-order valence-corrected chi connectivity index (χ4v) is 5.23. The summed E-state index contributed by atoms with van der Waals surface area (Å²) in [5.74, 6) is 2.42. The highest BCUT2D eigenvalue weighted by Crippen LogP contribution is 2.32. The van der Waals surface area contributed by atoms with Crippen molar-refractivity contribution in [3.8, 4) is 5.88 Å². The predicted octanol–water partition coefficient (Wildman–Crippen LogP) is 5.95. The molecule has 1 saturated heterocycles. The summed E-state index contributed by atoms with van der Waals surface area (Å²) in [5.41, 5.74) is -1.45. The minimum Gasteiger partial charge on any atom is -0.477 e. The quantitative estimate of drug-likeness (QED) is 0.356. The average Bonchev–Trinajstić information content (AvgIpc) is 3.17. The van der Waals surface area contributed by atoms with E-state index in [0.29, 0.717) is 36.7 Å². The highest BCUT2D eigenvalue weighted by atomic mass is 19.4. The van der Waals surface area contributed by atoms with Gasteiger partial charge in [-0.1, -0.05) is 40.0 Å². The molecule has 0 atom stereocenters. The first-order chi connectivity index (χ1) is 19.1. The number of nitrogens with one attached hydrogen (secondary N) is 1. The summed E-state index contributed by atoms with van der Waals surface area (Å²) in [7, 11) is 0. The summed E-state index contributed by atoms with van der Waals surface area (Å²) < 4.78 is 46.6. The normalized spacial score (nSPS) is 18.0. The van der Waals surface area contributed by atoms with Crippen LogP contribution in [-0.2, 0) is 11.6 Å². The molecule has 0 spiro atoms. The maximum Gasteiger partial charge on any atom is 0.433 e. The number of rotatable bonds is 10. The summed E-state index contributed by atoms with van der Waals surface area (Å²) in [4.78, 5) is 21.5. The van der Waals surface area contributed by atoms with E-state index in [1.807, 2.05) is 31.7 Å². The lowest BCUT2D eigenvalue weighted by atomic mass is 9.90. The van der Waals surface area contributed by atoms with Crippen LogP contribution in [0.5, 0.6) is 5.88 Å². The predicted molar refractivity (Wildman–Crippen MR) is 151 cm³/mol. The molecule has 3 heterocycles. The van der Waals surface area contributed by atoms with E-state index in [1.165, 1.54) is 32.1 Å². The molecule has 2 fully saturated rings. The SMILES string of the molecule is CC(C)(C)c1nc(N2CCCN(CCCCNc3nccc(OCC4CCCCC4)n3)CC2)cc(C(F)(F)F)n1. The molecule has 11 heteroatoms. The van der Waals surface area contributed by atoms with Crippen LogP contribution < -0.4 is 15.0 Å². The van der Waals surface area contributed by atoms with Crippen molar-refractivity contribution in [1.82, 2.24) is 24.8 Å². The Kier molecular flexibility index (Phi) is 10.4. The van der Waals surface area contributed by atoms with E-state index < -0.39 is 17.3 Å². The van der Waals surface area contributed by atoms with E-state index >= 15 is 0 Å². The van der Waals surface area contributed by atoms with Crippen LogP contribution in [0.3, 0.4) is 0 Å². The van der Waals surface area contributed by atoms with Gasteiger partial charge in [-0.3, -0.25) is 0 Å². The van der Waals surface area contributed by atoms with Gasteiger partial charge in [0.15, 0.2) is 0 Å². The van der Waals surface area contributed by atoms with Crippen LogP contribution in [0.25, 0.3) is 0 Å². The van der Waals surface area contributed by atoms with Gasteiger partial charge in [0.05, 0.1) is 6.61 Å². The fraction of sp³-hybridized carbons (Fsp3) is 0.724. The lowest BCUT2D eigenvalue weighted by Crippen LogP contribution is -2.33. The molecule has 0 radical (unpaired) electrons. The van der Waals surface area contributed by atoms with Crippen LogP contribution in [0, 0.1) is 5.92 Å². The minimum absolute atomic E-state index is 0.219. The Hall–Kier alpha value is -2.69. The Labute approximate surface area is 236 Å². The first-order valence-electron chi connectivity index (χ1n) is 14.7. The second-order valence-corrected chi connectivity index (χ2v) is 12.0. The summed E-state index contributed by atoms with van der Waals surface area (Å²) in [5, 5.41) is 3.30. The lowest BCUT2D eigenvalue weighted by molar-refractivity contribution is -0.141. The third-order valence-corrected chi connectivity index (χ3v) is 7.59. The summed E-state index contributed by atoms with van der Waals surface area (Å²) >= 11 is 0. The van der Waals surface area contributed by atoms with E-state index in [1.54, 1.807) is 6.20 Å². The number of nitrogens with zero attached hydrogens (tertiary/aromatic N) is 6. The van der Waals surface area contributed by atoms with Gasteiger partial charge in [-0.15, -0.1) is 0 Å². The van der Waals surface area contributed by atoms with Gasteiger partial charge in [0.1, 0.15) is 17.3 Å². The molecule has 1 N–H and O–H groups in total. The zero-order valence-corrected chi connectivity index (χ0v) is 24.1. The molecule has 222 valence electrons. The molecular formula is C29H44F3N7O. The number of aromatic nitrogens is 4. The van der Waals surface area contributed by atoms with Crippen LogP contribution >= 0.6 is 0 Å². The van der Waals surface area contributed by atoms with E-state index in [-0.39, 0.29) is 5.82 Å². The number of ether oxygens (including phenoxy) is 1. The molecule has 0 bridgehead atoms. The molecule has 1 aliphatic carbocycles. The second kappa shape index (κ2) is 13.8.